The van der Waals surface area contributed by atoms with Crippen LogP contribution < -0.4 is 15.3 Å². The van der Waals surface area contributed by atoms with Crippen molar-refractivity contribution < 1.29 is 9.30 Å². The van der Waals surface area contributed by atoms with Crippen LogP contribution in [0, 0.1) is 0 Å². The first kappa shape index (κ1) is 16.5. The predicted octanol–water partition coefficient (Wildman–Crippen LogP) is 4.77. The van der Waals surface area contributed by atoms with Crippen LogP contribution in [0.3, 0.4) is 0 Å². The lowest BCUT2D eigenvalue weighted by molar-refractivity contribution is 0.414. The Labute approximate surface area is 143 Å². The van der Waals surface area contributed by atoms with Gasteiger partial charge in [-0.05, 0) is 17.7 Å². The Morgan fingerprint density at radius 2 is 1.21 bits per heavy atom. The normalized spacial score (nSPS) is 12.6. The first-order valence-electron chi connectivity index (χ1n) is 8.01. The zero-order chi connectivity index (χ0) is 17.0. The highest BCUT2D eigenvalue weighted by Crippen LogP contribution is 2.56. The van der Waals surface area contributed by atoms with Crippen LogP contribution in [0.2, 0.25) is 0 Å². The maximum atomic E-state index is 14.2. The zero-order valence-corrected chi connectivity index (χ0v) is 14.8. The van der Waals surface area contributed by atoms with Gasteiger partial charge in [-0.3, -0.25) is 0 Å². The summed E-state index contributed by atoms with van der Waals surface area (Å²) in [6, 6.07) is 27.4. The van der Waals surface area contributed by atoms with Gasteiger partial charge in [-0.15, -0.1) is 0 Å². The van der Waals surface area contributed by atoms with Crippen molar-refractivity contribution in [2.24, 2.45) is 0 Å². The molecule has 122 valence electrons. The van der Waals surface area contributed by atoms with E-state index in [1.54, 1.807) is 7.11 Å². The van der Waals surface area contributed by atoms with E-state index in [9.17, 15) is 4.57 Å². The molecular formula is C21H21O2P. The van der Waals surface area contributed by atoms with E-state index in [1.165, 1.54) is 0 Å². The molecule has 0 aliphatic carbocycles. The van der Waals surface area contributed by atoms with E-state index in [2.05, 4.69) is 0 Å². The lowest BCUT2D eigenvalue weighted by atomic mass is 10.1. The van der Waals surface area contributed by atoms with E-state index in [0.29, 0.717) is 0 Å². The quantitative estimate of drug-likeness (QED) is 0.627. The monoisotopic (exact) mass is 336 g/mol. The molecule has 0 heterocycles. The molecule has 24 heavy (non-hydrogen) atoms. The first-order chi connectivity index (χ1) is 11.7. The molecule has 0 aliphatic rings. The van der Waals surface area contributed by atoms with Gasteiger partial charge in [0.1, 0.15) is 12.9 Å². The summed E-state index contributed by atoms with van der Waals surface area (Å²) >= 11 is 0. The fourth-order valence-corrected chi connectivity index (χ4v) is 6.00. The minimum absolute atomic E-state index is 0.117. The van der Waals surface area contributed by atoms with Gasteiger partial charge in [-0.2, -0.15) is 0 Å². The molecule has 0 saturated heterocycles. The molecule has 0 fully saturated rings. The van der Waals surface area contributed by atoms with E-state index in [0.717, 1.165) is 21.9 Å². The highest BCUT2D eigenvalue weighted by molar-refractivity contribution is 7.79. The van der Waals surface area contributed by atoms with Crippen LogP contribution in [-0.4, -0.2) is 7.11 Å². The van der Waals surface area contributed by atoms with Crippen molar-refractivity contribution in [1.29, 1.82) is 0 Å². The van der Waals surface area contributed by atoms with E-state index in [1.807, 2.05) is 91.9 Å². The van der Waals surface area contributed by atoms with Crippen LogP contribution in [0.1, 0.15) is 18.1 Å². The number of benzene rings is 3. The molecule has 3 aromatic carbocycles. The molecule has 0 saturated carbocycles. The fraction of sp³-hybridized carbons (Fsp3) is 0.143. The number of hydrogen-bond donors (Lipinski definition) is 0. The maximum Gasteiger partial charge on any atom is 0.150 e. The minimum atomic E-state index is -2.80. The van der Waals surface area contributed by atoms with Gasteiger partial charge in [0.25, 0.3) is 0 Å². The second-order valence-corrected chi connectivity index (χ2v) is 8.90. The van der Waals surface area contributed by atoms with Crippen molar-refractivity contribution in [1.82, 2.24) is 0 Å². The van der Waals surface area contributed by atoms with Gasteiger partial charge in [0.05, 0.1) is 7.11 Å². The molecular weight excluding hydrogens is 315 g/mol. The van der Waals surface area contributed by atoms with Crippen LogP contribution in [0.4, 0.5) is 0 Å². The Hall–Kier alpha value is -2.31. The Kier molecular flexibility index (Phi) is 4.87. The third kappa shape index (κ3) is 3.02. The summed E-state index contributed by atoms with van der Waals surface area (Å²) < 4.78 is 19.5. The molecule has 3 rings (SSSR count). The van der Waals surface area contributed by atoms with E-state index in [-0.39, 0.29) is 5.66 Å². The summed E-state index contributed by atoms with van der Waals surface area (Å²) in [6.45, 7) is 2.04. The van der Waals surface area contributed by atoms with Gasteiger partial charge in [0, 0.05) is 16.3 Å². The van der Waals surface area contributed by atoms with Gasteiger partial charge >= 0.3 is 0 Å². The molecule has 0 spiro atoms. The second kappa shape index (κ2) is 7.07. The smallest absolute Gasteiger partial charge is 0.150 e. The molecule has 1 atom stereocenters. The van der Waals surface area contributed by atoms with E-state index >= 15 is 0 Å². The third-order valence-electron chi connectivity index (χ3n) is 4.42. The average molecular weight is 336 g/mol. The van der Waals surface area contributed by atoms with Crippen molar-refractivity contribution in [3.05, 3.63) is 90.5 Å². The summed E-state index contributed by atoms with van der Waals surface area (Å²) in [6.07, 6.45) is 0. The summed E-state index contributed by atoms with van der Waals surface area (Å²) in [7, 11) is -1.15. The summed E-state index contributed by atoms with van der Waals surface area (Å²) in [5, 5.41) is 1.78. The molecule has 0 amide bonds. The highest BCUT2D eigenvalue weighted by Gasteiger charge is 2.34. The van der Waals surface area contributed by atoms with Gasteiger partial charge in [-0.25, -0.2) is 0 Å². The van der Waals surface area contributed by atoms with Crippen molar-refractivity contribution in [2.75, 3.05) is 7.11 Å². The molecule has 0 aromatic heterocycles. The number of rotatable bonds is 5. The number of ether oxygens (including phenoxy) is 1. The van der Waals surface area contributed by atoms with Gasteiger partial charge in [-0.1, -0.05) is 79.7 Å². The summed E-state index contributed by atoms with van der Waals surface area (Å²) in [4.78, 5) is 0. The van der Waals surface area contributed by atoms with Crippen LogP contribution in [-0.2, 0) is 4.57 Å². The minimum Gasteiger partial charge on any atom is -0.497 e. The molecule has 3 heteroatoms. The Balaban J connectivity index is 2.12. The average Bonchev–Trinajstić information content (AvgIpc) is 2.68. The fourth-order valence-electron chi connectivity index (χ4n) is 2.99. The van der Waals surface area contributed by atoms with Crippen LogP contribution in [0.5, 0.6) is 5.75 Å². The van der Waals surface area contributed by atoms with Crippen molar-refractivity contribution >= 4 is 17.8 Å². The van der Waals surface area contributed by atoms with E-state index < -0.39 is 7.14 Å². The van der Waals surface area contributed by atoms with Crippen LogP contribution in [0.25, 0.3) is 0 Å². The Bertz CT molecular complexity index is 783. The topological polar surface area (TPSA) is 26.3 Å². The molecule has 3 aromatic rings. The van der Waals surface area contributed by atoms with Crippen LogP contribution >= 0.6 is 7.14 Å². The lowest BCUT2D eigenvalue weighted by Crippen LogP contribution is -2.20. The standard InChI is InChI=1S/C21H21O2P/c1-17(18-13-15-19(23-2)16-14-18)24(22,20-9-5-3-6-10-20)21-11-7-4-8-12-21/h3-17H,1-2H3. The zero-order valence-electron chi connectivity index (χ0n) is 13.9. The molecule has 2 nitrogen and oxygen atoms in total. The lowest BCUT2D eigenvalue weighted by Gasteiger charge is -2.26. The second-order valence-electron chi connectivity index (χ2n) is 5.78. The molecule has 1 unspecified atom stereocenters. The van der Waals surface area contributed by atoms with Crippen molar-refractivity contribution in [3.8, 4) is 5.75 Å². The van der Waals surface area contributed by atoms with Gasteiger partial charge in [0.2, 0.25) is 0 Å². The van der Waals surface area contributed by atoms with Gasteiger partial charge < -0.3 is 9.30 Å². The number of methoxy groups -OCH3 is 1. The molecule has 0 aliphatic heterocycles. The van der Waals surface area contributed by atoms with Crippen LogP contribution in [0.15, 0.2) is 84.9 Å². The SMILES string of the molecule is COc1ccc(C(C)P(=O)(c2ccccc2)c2ccccc2)cc1. The maximum absolute atomic E-state index is 14.2. The molecule has 0 radical (unpaired) electrons. The predicted molar refractivity (Wildman–Crippen MR) is 101 cm³/mol. The van der Waals surface area contributed by atoms with Crippen molar-refractivity contribution in [2.45, 2.75) is 12.6 Å². The number of hydrogen-bond acceptors (Lipinski definition) is 2. The summed E-state index contributed by atoms with van der Waals surface area (Å²) in [5.41, 5.74) is 0.931. The molecule has 0 N–H and O–H groups in total. The Morgan fingerprint density at radius 3 is 1.62 bits per heavy atom. The third-order valence-corrected chi connectivity index (χ3v) is 7.94. The first-order valence-corrected chi connectivity index (χ1v) is 9.79. The van der Waals surface area contributed by atoms with Crippen molar-refractivity contribution in [3.63, 3.8) is 0 Å². The van der Waals surface area contributed by atoms with E-state index in [4.69, 9.17) is 4.74 Å². The Morgan fingerprint density at radius 1 is 0.750 bits per heavy atom. The molecule has 0 bridgehead atoms. The largest absolute Gasteiger partial charge is 0.497 e. The van der Waals surface area contributed by atoms with Gasteiger partial charge in [0.15, 0.2) is 0 Å². The summed E-state index contributed by atoms with van der Waals surface area (Å²) in [5.74, 6) is 0.806. The highest BCUT2D eigenvalue weighted by atomic mass is 31.2.